The highest BCUT2D eigenvalue weighted by Gasteiger charge is 2.38. The number of hydrogen-bond donors (Lipinski definition) is 1. The Morgan fingerprint density at radius 1 is 1.19 bits per heavy atom. The number of ether oxygens (including phenoxy) is 2. The fourth-order valence-corrected chi connectivity index (χ4v) is 3.40. The maximum Gasteiger partial charge on any atom is 0.411 e. The number of methoxy groups -OCH3 is 1. The van der Waals surface area contributed by atoms with Crippen LogP contribution in [-0.4, -0.2) is 55.3 Å². The summed E-state index contributed by atoms with van der Waals surface area (Å²) in [6.45, 7) is 6.78. The quantitative estimate of drug-likeness (QED) is 0.646. The average molecular weight is 375 g/mol. The van der Waals surface area contributed by atoms with Crippen LogP contribution in [0.2, 0.25) is 0 Å². The standard InChI is InChI=1S/C20H29N3O4/c1-20(2,3)27-19(25)23-10-9-22(12-17(23)18(24)26-4)14-7-8-16(21)15(11-14)13-5-6-13/h7-8,11,13,17H,5-6,9-10,12,21H2,1-4H3. The maximum absolute atomic E-state index is 12.5. The van der Waals surface area contributed by atoms with Crippen LogP contribution in [0.3, 0.4) is 0 Å². The molecule has 3 rings (SSSR count). The highest BCUT2D eigenvalue weighted by atomic mass is 16.6. The van der Waals surface area contributed by atoms with Gasteiger partial charge in [0, 0.05) is 31.0 Å². The predicted octanol–water partition coefficient (Wildman–Crippen LogP) is 2.74. The third kappa shape index (κ3) is 4.46. The number of nitrogens with two attached hydrogens (primary N) is 1. The number of amides is 1. The van der Waals surface area contributed by atoms with Gasteiger partial charge in [0.15, 0.2) is 6.04 Å². The van der Waals surface area contributed by atoms with Gasteiger partial charge in [-0.15, -0.1) is 0 Å². The number of carbonyl (C=O) groups excluding carboxylic acids is 2. The molecule has 1 saturated carbocycles. The molecular weight excluding hydrogens is 346 g/mol. The smallest absolute Gasteiger partial charge is 0.411 e. The van der Waals surface area contributed by atoms with Crippen molar-refractivity contribution in [2.75, 3.05) is 37.4 Å². The molecule has 2 aliphatic rings. The van der Waals surface area contributed by atoms with Gasteiger partial charge in [0.2, 0.25) is 0 Å². The Balaban J connectivity index is 1.79. The van der Waals surface area contributed by atoms with E-state index >= 15 is 0 Å². The molecule has 2 N–H and O–H groups in total. The summed E-state index contributed by atoms with van der Waals surface area (Å²) in [4.78, 5) is 28.5. The first kappa shape index (κ1) is 19.3. The third-order valence-electron chi connectivity index (χ3n) is 4.93. The summed E-state index contributed by atoms with van der Waals surface area (Å²) >= 11 is 0. The molecule has 148 valence electrons. The van der Waals surface area contributed by atoms with Gasteiger partial charge in [-0.3, -0.25) is 4.90 Å². The van der Waals surface area contributed by atoms with Crippen LogP contribution in [0.5, 0.6) is 0 Å². The van der Waals surface area contributed by atoms with Crippen molar-refractivity contribution in [3.8, 4) is 0 Å². The van der Waals surface area contributed by atoms with Crippen LogP contribution in [0.4, 0.5) is 16.2 Å². The lowest BCUT2D eigenvalue weighted by Gasteiger charge is -2.41. The summed E-state index contributed by atoms with van der Waals surface area (Å²) in [5.41, 5.74) is 8.51. The van der Waals surface area contributed by atoms with Gasteiger partial charge in [0.25, 0.3) is 0 Å². The van der Waals surface area contributed by atoms with Crippen LogP contribution in [0.1, 0.15) is 45.1 Å². The van der Waals surface area contributed by atoms with E-state index in [0.717, 1.165) is 11.4 Å². The van der Waals surface area contributed by atoms with E-state index in [1.165, 1.54) is 30.4 Å². The minimum atomic E-state index is -0.708. The molecule has 0 aromatic heterocycles. The molecule has 0 spiro atoms. The molecule has 1 atom stereocenters. The minimum absolute atomic E-state index is 0.361. The van der Waals surface area contributed by atoms with Gasteiger partial charge in [0.1, 0.15) is 5.60 Å². The van der Waals surface area contributed by atoms with Crippen molar-refractivity contribution in [1.29, 1.82) is 0 Å². The number of rotatable bonds is 3. The van der Waals surface area contributed by atoms with Gasteiger partial charge in [0.05, 0.1) is 7.11 Å². The predicted molar refractivity (Wildman–Crippen MR) is 104 cm³/mol. The summed E-state index contributed by atoms with van der Waals surface area (Å²) in [6.07, 6.45) is 1.85. The van der Waals surface area contributed by atoms with Crippen molar-refractivity contribution >= 4 is 23.4 Å². The molecule has 1 unspecified atom stereocenters. The van der Waals surface area contributed by atoms with Gasteiger partial charge in [-0.2, -0.15) is 0 Å². The fraction of sp³-hybridized carbons (Fsp3) is 0.600. The van der Waals surface area contributed by atoms with Crippen molar-refractivity contribution in [3.05, 3.63) is 23.8 Å². The summed E-state index contributed by atoms with van der Waals surface area (Å²) < 4.78 is 10.4. The average Bonchev–Trinajstić information content (AvgIpc) is 3.44. The molecule has 0 radical (unpaired) electrons. The highest BCUT2D eigenvalue weighted by Crippen LogP contribution is 2.44. The highest BCUT2D eigenvalue weighted by molar-refractivity contribution is 5.83. The SMILES string of the molecule is COC(=O)C1CN(c2ccc(N)c(C3CC3)c2)CCN1C(=O)OC(C)(C)C. The molecule has 1 aliphatic carbocycles. The molecular formula is C20H29N3O4. The summed E-state index contributed by atoms with van der Waals surface area (Å²) in [5, 5.41) is 0. The monoisotopic (exact) mass is 375 g/mol. The Hall–Kier alpha value is -2.44. The topological polar surface area (TPSA) is 85.1 Å². The number of nitrogens with zero attached hydrogens (tertiary/aromatic N) is 2. The first-order chi connectivity index (χ1) is 12.7. The van der Waals surface area contributed by atoms with Gasteiger partial charge in [-0.1, -0.05) is 0 Å². The number of esters is 1. The largest absolute Gasteiger partial charge is 0.467 e. The van der Waals surface area contributed by atoms with Crippen molar-refractivity contribution in [1.82, 2.24) is 4.90 Å². The molecule has 1 aromatic rings. The second kappa shape index (κ2) is 7.29. The number of hydrogen-bond acceptors (Lipinski definition) is 6. The molecule has 7 heteroatoms. The van der Waals surface area contributed by atoms with Crippen LogP contribution in [-0.2, 0) is 14.3 Å². The van der Waals surface area contributed by atoms with Crippen LogP contribution in [0.25, 0.3) is 0 Å². The first-order valence-corrected chi connectivity index (χ1v) is 9.41. The zero-order chi connectivity index (χ0) is 19.8. The van der Waals surface area contributed by atoms with E-state index in [2.05, 4.69) is 11.0 Å². The Labute approximate surface area is 160 Å². The van der Waals surface area contributed by atoms with Crippen molar-refractivity contribution in [3.63, 3.8) is 0 Å². The molecule has 7 nitrogen and oxygen atoms in total. The normalized spacial score (nSPS) is 20.4. The Morgan fingerprint density at radius 2 is 1.89 bits per heavy atom. The molecule has 1 aliphatic heterocycles. The van der Waals surface area contributed by atoms with Gasteiger partial charge < -0.3 is 20.1 Å². The Kier molecular flexibility index (Phi) is 5.22. The second-order valence-corrected chi connectivity index (χ2v) is 8.25. The number of carbonyl (C=O) groups is 2. The Morgan fingerprint density at radius 3 is 2.48 bits per heavy atom. The van der Waals surface area contributed by atoms with E-state index in [1.807, 2.05) is 32.9 Å². The number of benzene rings is 1. The summed E-state index contributed by atoms with van der Waals surface area (Å²) in [6, 6.07) is 5.31. The van der Waals surface area contributed by atoms with Crippen LogP contribution < -0.4 is 10.6 Å². The second-order valence-electron chi connectivity index (χ2n) is 8.25. The van der Waals surface area contributed by atoms with E-state index in [4.69, 9.17) is 15.2 Å². The molecule has 1 amide bonds. The zero-order valence-electron chi connectivity index (χ0n) is 16.5. The van der Waals surface area contributed by atoms with Gasteiger partial charge in [-0.25, -0.2) is 9.59 Å². The third-order valence-corrected chi connectivity index (χ3v) is 4.93. The lowest BCUT2D eigenvalue weighted by atomic mass is 10.1. The number of anilines is 2. The lowest BCUT2D eigenvalue weighted by molar-refractivity contribution is -0.147. The molecule has 2 fully saturated rings. The number of nitrogen functional groups attached to an aromatic ring is 1. The minimum Gasteiger partial charge on any atom is -0.467 e. The molecule has 27 heavy (non-hydrogen) atoms. The van der Waals surface area contributed by atoms with Crippen LogP contribution in [0, 0.1) is 0 Å². The van der Waals surface area contributed by atoms with E-state index in [1.54, 1.807) is 0 Å². The van der Waals surface area contributed by atoms with Crippen LogP contribution >= 0.6 is 0 Å². The van der Waals surface area contributed by atoms with E-state index in [0.29, 0.717) is 25.6 Å². The molecule has 0 bridgehead atoms. The Bertz CT molecular complexity index is 724. The van der Waals surface area contributed by atoms with Gasteiger partial charge in [-0.05, 0) is 63.3 Å². The van der Waals surface area contributed by atoms with E-state index < -0.39 is 23.7 Å². The first-order valence-electron chi connectivity index (χ1n) is 9.41. The summed E-state index contributed by atoms with van der Waals surface area (Å²) in [7, 11) is 1.34. The van der Waals surface area contributed by atoms with E-state index in [-0.39, 0.29) is 0 Å². The zero-order valence-corrected chi connectivity index (χ0v) is 16.5. The lowest BCUT2D eigenvalue weighted by Crippen LogP contribution is -2.59. The molecule has 1 saturated heterocycles. The maximum atomic E-state index is 12.5. The van der Waals surface area contributed by atoms with Gasteiger partial charge >= 0.3 is 12.1 Å². The van der Waals surface area contributed by atoms with E-state index in [9.17, 15) is 9.59 Å². The van der Waals surface area contributed by atoms with Crippen molar-refractivity contribution in [2.45, 2.75) is 51.2 Å². The number of piperazine rings is 1. The van der Waals surface area contributed by atoms with Crippen LogP contribution in [0.15, 0.2) is 18.2 Å². The van der Waals surface area contributed by atoms with Crippen molar-refractivity contribution < 1.29 is 19.1 Å². The molecule has 1 aromatic carbocycles. The summed E-state index contributed by atoms with van der Waals surface area (Å²) in [5.74, 6) is 0.104. The fourth-order valence-electron chi connectivity index (χ4n) is 3.40. The van der Waals surface area contributed by atoms with Crippen molar-refractivity contribution in [2.24, 2.45) is 0 Å². The molecule has 1 heterocycles.